The van der Waals surface area contributed by atoms with E-state index in [9.17, 15) is 9.59 Å². The zero-order chi connectivity index (χ0) is 13.8. The average Bonchev–Trinajstić information content (AvgIpc) is 2.29. The number of hydrogen-bond donors (Lipinski definition) is 3. The molecule has 5 nitrogen and oxygen atoms in total. The van der Waals surface area contributed by atoms with Gasteiger partial charge < -0.3 is 15.7 Å². The van der Waals surface area contributed by atoms with E-state index in [1.807, 2.05) is 6.92 Å². The minimum atomic E-state index is -0.940. The molecule has 5 heteroatoms. The van der Waals surface area contributed by atoms with Crippen molar-refractivity contribution in [2.45, 2.75) is 26.2 Å². The quantitative estimate of drug-likeness (QED) is 0.766. The second-order valence-electron chi connectivity index (χ2n) is 4.49. The van der Waals surface area contributed by atoms with Gasteiger partial charge in [-0.2, -0.15) is 0 Å². The molecule has 0 radical (unpaired) electrons. The van der Waals surface area contributed by atoms with Crippen LogP contribution in [0.25, 0.3) is 0 Å². The van der Waals surface area contributed by atoms with Gasteiger partial charge in [0.15, 0.2) is 0 Å². The maximum atomic E-state index is 11.3. The number of urea groups is 1. The Balaban J connectivity index is 2.80. The summed E-state index contributed by atoms with van der Waals surface area (Å²) in [5.74, 6) is -0.882. The van der Waals surface area contributed by atoms with Crippen LogP contribution < -0.4 is 10.6 Å². The van der Waals surface area contributed by atoms with E-state index in [1.165, 1.54) is 0 Å². The van der Waals surface area contributed by atoms with Gasteiger partial charge in [0.2, 0.25) is 0 Å². The van der Waals surface area contributed by atoms with E-state index in [-0.39, 0.29) is 6.03 Å². The summed E-state index contributed by atoms with van der Waals surface area (Å²) in [6, 6.07) is 6.51. The number of carboxylic acid groups (broad SMARTS) is 1. The monoisotopic (exact) mass is 250 g/mol. The van der Waals surface area contributed by atoms with Gasteiger partial charge in [-0.3, -0.25) is 4.79 Å². The number of benzene rings is 1. The average molecular weight is 250 g/mol. The maximum absolute atomic E-state index is 11.3. The molecule has 0 saturated carbocycles. The number of nitrogens with one attached hydrogen (secondary N) is 2. The van der Waals surface area contributed by atoms with Gasteiger partial charge in [0, 0.05) is 12.2 Å². The van der Waals surface area contributed by atoms with Crippen LogP contribution in [0, 0.1) is 0 Å². The Morgan fingerprint density at radius 1 is 1.22 bits per heavy atom. The molecular weight excluding hydrogens is 232 g/mol. The Hall–Kier alpha value is -2.04. The van der Waals surface area contributed by atoms with Crippen LogP contribution in [0.4, 0.5) is 10.5 Å². The first-order valence-corrected chi connectivity index (χ1v) is 5.76. The number of carbonyl (C=O) groups excluding carboxylic acids is 1. The van der Waals surface area contributed by atoms with Crippen molar-refractivity contribution in [3.05, 3.63) is 29.8 Å². The minimum absolute atomic E-state index is 0.275. The van der Waals surface area contributed by atoms with Crippen LogP contribution in [0.15, 0.2) is 24.3 Å². The third-order valence-corrected chi connectivity index (χ3v) is 2.74. The molecule has 0 aliphatic heterocycles. The molecule has 0 unspecified atom stereocenters. The fourth-order valence-corrected chi connectivity index (χ4v) is 1.43. The lowest BCUT2D eigenvalue weighted by molar-refractivity contribution is -0.142. The number of anilines is 1. The Kier molecular flexibility index (Phi) is 4.31. The number of carbonyl (C=O) groups is 2. The van der Waals surface area contributed by atoms with Crippen LogP contribution in [-0.4, -0.2) is 23.7 Å². The van der Waals surface area contributed by atoms with Crippen LogP contribution in [0.2, 0.25) is 0 Å². The molecule has 0 atom stereocenters. The molecule has 1 rings (SSSR count). The summed E-state index contributed by atoms with van der Waals surface area (Å²) in [5.41, 5.74) is 0.381. The number of carboxylic acids is 1. The first-order valence-electron chi connectivity index (χ1n) is 5.76. The van der Waals surface area contributed by atoms with Gasteiger partial charge in [-0.05, 0) is 38.5 Å². The van der Waals surface area contributed by atoms with Crippen LogP contribution in [0.1, 0.15) is 26.3 Å². The molecule has 0 bridgehead atoms. The van der Waals surface area contributed by atoms with Crippen LogP contribution >= 0.6 is 0 Å². The highest BCUT2D eigenvalue weighted by atomic mass is 16.4. The molecule has 1 aromatic carbocycles. The van der Waals surface area contributed by atoms with Gasteiger partial charge in [0.1, 0.15) is 0 Å². The lowest BCUT2D eigenvalue weighted by Gasteiger charge is -2.19. The molecule has 18 heavy (non-hydrogen) atoms. The summed E-state index contributed by atoms with van der Waals surface area (Å²) in [4.78, 5) is 22.4. The first-order chi connectivity index (χ1) is 8.37. The zero-order valence-electron chi connectivity index (χ0n) is 10.8. The van der Waals surface area contributed by atoms with Crippen molar-refractivity contribution in [1.29, 1.82) is 0 Å². The van der Waals surface area contributed by atoms with Crippen LogP contribution in [-0.2, 0) is 10.2 Å². The van der Waals surface area contributed by atoms with Crippen molar-refractivity contribution in [2.24, 2.45) is 0 Å². The van der Waals surface area contributed by atoms with Gasteiger partial charge in [-0.15, -0.1) is 0 Å². The molecule has 0 saturated heterocycles. The normalized spacial score (nSPS) is 10.8. The number of hydrogen-bond acceptors (Lipinski definition) is 2. The van der Waals surface area contributed by atoms with Crippen molar-refractivity contribution >= 4 is 17.7 Å². The molecule has 0 fully saturated rings. The first kappa shape index (κ1) is 14.0. The molecular formula is C13H18N2O3. The van der Waals surface area contributed by atoms with Gasteiger partial charge in [0.05, 0.1) is 5.41 Å². The molecule has 0 heterocycles. The Morgan fingerprint density at radius 3 is 2.22 bits per heavy atom. The molecule has 0 aliphatic carbocycles. The van der Waals surface area contributed by atoms with Crippen molar-refractivity contribution in [1.82, 2.24) is 5.32 Å². The number of rotatable bonds is 4. The van der Waals surface area contributed by atoms with E-state index in [0.29, 0.717) is 17.8 Å². The van der Waals surface area contributed by atoms with E-state index in [1.54, 1.807) is 38.1 Å². The predicted molar refractivity (Wildman–Crippen MR) is 69.8 cm³/mol. The fraction of sp³-hybridized carbons (Fsp3) is 0.385. The van der Waals surface area contributed by atoms with Crippen molar-refractivity contribution in [3.8, 4) is 0 Å². The lowest BCUT2D eigenvalue weighted by atomic mass is 9.85. The summed E-state index contributed by atoms with van der Waals surface area (Å²) in [6.45, 7) is 5.66. The van der Waals surface area contributed by atoms with E-state index in [4.69, 9.17) is 5.11 Å². The zero-order valence-corrected chi connectivity index (χ0v) is 10.8. The van der Waals surface area contributed by atoms with Gasteiger partial charge >= 0.3 is 12.0 Å². The molecule has 0 aliphatic rings. The van der Waals surface area contributed by atoms with Gasteiger partial charge in [-0.25, -0.2) is 4.79 Å². The number of amides is 2. The SMILES string of the molecule is CCNC(=O)Nc1ccc(C(C)(C)C(=O)O)cc1. The molecule has 0 aromatic heterocycles. The molecule has 0 spiro atoms. The van der Waals surface area contributed by atoms with E-state index >= 15 is 0 Å². The fourth-order valence-electron chi connectivity index (χ4n) is 1.43. The molecule has 1 aromatic rings. The largest absolute Gasteiger partial charge is 0.481 e. The van der Waals surface area contributed by atoms with Crippen molar-refractivity contribution in [2.75, 3.05) is 11.9 Å². The molecule has 3 N–H and O–H groups in total. The van der Waals surface area contributed by atoms with Crippen molar-refractivity contribution in [3.63, 3.8) is 0 Å². The summed E-state index contributed by atoms with van der Waals surface area (Å²) >= 11 is 0. The topological polar surface area (TPSA) is 78.4 Å². The number of aliphatic carboxylic acids is 1. The summed E-state index contributed by atoms with van der Waals surface area (Å²) < 4.78 is 0. The highest BCUT2D eigenvalue weighted by Gasteiger charge is 2.29. The third kappa shape index (κ3) is 3.23. The summed E-state index contributed by atoms with van der Waals surface area (Å²) in [7, 11) is 0. The second kappa shape index (κ2) is 5.53. The minimum Gasteiger partial charge on any atom is -0.481 e. The van der Waals surface area contributed by atoms with E-state index < -0.39 is 11.4 Å². The highest BCUT2D eigenvalue weighted by molar-refractivity contribution is 5.89. The maximum Gasteiger partial charge on any atom is 0.319 e. The highest BCUT2D eigenvalue weighted by Crippen LogP contribution is 2.24. The molecule has 98 valence electrons. The second-order valence-corrected chi connectivity index (χ2v) is 4.49. The third-order valence-electron chi connectivity index (χ3n) is 2.74. The van der Waals surface area contributed by atoms with Crippen LogP contribution in [0.3, 0.4) is 0 Å². The predicted octanol–water partition coefficient (Wildman–Crippen LogP) is 2.19. The lowest BCUT2D eigenvalue weighted by Crippen LogP contribution is -2.29. The van der Waals surface area contributed by atoms with Gasteiger partial charge in [0.25, 0.3) is 0 Å². The Morgan fingerprint density at radius 2 is 1.78 bits per heavy atom. The van der Waals surface area contributed by atoms with Gasteiger partial charge in [-0.1, -0.05) is 12.1 Å². The van der Waals surface area contributed by atoms with E-state index in [0.717, 1.165) is 0 Å². The Labute approximate surface area is 106 Å². The summed E-state index contributed by atoms with van der Waals surface area (Å²) in [6.07, 6.45) is 0. The standard InChI is InChI=1S/C13H18N2O3/c1-4-14-12(18)15-10-7-5-9(6-8-10)13(2,3)11(16)17/h5-8H,4H2,1-3H3,(H,16,17)(H2,14,15,18). The van der Waals surface area contributed by atoms with E-state index in [2.05, 4.69) is 10.6 Å². The smallest absolute Gasteiger partial charge is 0.319 e. The van der Waals surface area contributed by atoms with Crippen molar-refractivity contribution < 1.29 is 14.7 Å². The van der Waals surface area contributed by atoms with Crippen LogP contribution in [0.5, 0.6) is 0 Å². The molecule has 2 amide bonds. The Bertz CT molecular complexity index is 438. The summed E-state index contributed by atoms with van der Waals surface area (Å²) in [5, 5.41) is 14.4.